The lowest BCUT2D eigenvalue weighted by Gasteiger charge is -2.17. The van der Waals surface area contributed by atoms with Gasteiger partial charge in [0.25, 0.3) is 0 Å². The van der Waals surface area contributed by atoms with Crippen LogP contribution < -0.4 is 10.6 Å². The topological polar surface area (TPSA) is 78.4 Å². The number of hydrogen-bond acceptors (Lipinski definition) is 3. The molecule has 3 N–H and O–H groups in total. The van der Waals surface area contributed by atoms with E-state index >= 15 is 0 Å². The number of rotatable bonds is 2. The van der Waals surface area contributed by atoms with Gasteiger partial charge in [-0.1, -0.05) is 35.9 Å². The number of nitrogens with one attached hydrogen (secondary N) is 2. The smallest absolute Gasteiger partial charge is 0.313 e. The van der Waals surface area contributed by atoms with Crippen molar-refractivity contribution >= 4 is 29.1 Å². The van der Waals surface area contributed by atoms with Gasteiger partial charge < -0.3 is 15.7 Å². The number of benzene rings is 2. The third-order valence-electron chi connectivity index (χ3n) is 3.80. The number of carbonyl (C=O) groups excluding carboxylic acids is 2. The van der Waals surface area contributed by atoms with E-state index in [1.165, 1.54) is 0 Å². The maximum absolute atomic E-state index is 12.1. The number of hydrogen-bond donors (Lipinski definition) is 3. The molecule has 0 saturated carbocycles. The third-order valence-corrected chi connectivity index (χ3v) is 4.05. The molecule has 0 spiro atoms. The summed E-state index contributed by atoms with van der Waals surface area (Å²) in [4.78, 5) is 24.0. The summed E-state index contributed by atoms with van der Waals surface area (Å²) >= 11 is 5.77. The fourth-order valence-electron chi connectivity index (χ4n) is 2.68. The van der Waals surface area contributed by atoms with Crippen LogP contribution >= 0.6 is 11.6 Å². The summed E-state index contributed by atoms with van der Waals surface area (Å²) in [5, 5.41) is 15.7. The second-order valence-electron chi connectivity index (χ2n) is 5.38. The van der Waals surface area contributed by atoms with Crippen molar-refractivity contribution in [1.29, 1.82) is 0 Å². The van der Waals surface area contributed by atoms with Gasteiger partial charge in [-0.25, -0.2) is 0 Å². The quantitative estimate of drug-likeness (QED) is 0.737. The molecule has 0 bridgehead atoms. The number of aliphatic hydroxyl groups is 1. The summed E-state index contributed by atoms with van der Waals surface area (Å²) in [6.45, 7) is 0. The Balaban J connectivity index is 1.67. The molecule has 3 rings (SSSR count). The van der Waals surface area contributed by atoms with Crippen LogP contribution in [0.4, 0.5) is 5.69 Å². The van der Waals surface area contributed by atoms with Crippen molar-refractivity contribution in [3.63, 3.8) is 0 Å². The zero-order valence-electron chi connectivity index (χ0n) is 12.1. The molecule has 1 aliphatic rings. The summed E-state index contributed by atoms with van der Waals surface area (Å²) < 4.78 is 0. The summed E-state index contributed by atoms with van der Waals surface area (Å²) in [5.41, 5.74) is 2.29. The Hall–Kier alpha value is -2.37. The lowest BCUT2D eigenvalue weighted by molar-refractivity contribution is -0.137. The first-order valence-corrected chi connectivity index (χ1v) is 7.55. The average molecular weight is 331 g/mol. The summed E-state index contributed by atoms with van der Waals surface area (Å²) in [5.74, 6) is -1.58. The molecule has 2 aromatic rings. The van der Waals surface area contributed by atoms with Gasteiger partial charge in [0.15, 0.2) is 0 Å². The molecule has 0 saturated heterocycles. The van der Waals surface area contributed by atoms with E-state index in [2.05, 4.69) is 10.6 Å². The van der Waals surface area contributed by atoms with Crippen LogP contribution in [0.2, 0.25) is 5.02 Å². The second kappa shape index (κ2) is 6.40. The van der Waals surface area contributed by atoms with Crippen LogP contribution in [0.25, 0.3) is 0 Å². The maximum Gasteiger partial charge on any atom is 0.313 e. The third kappa shape index (κ3) is 3.36. The van der Waals surface area contributed by atoms with Crippen LogP contribution in [-0.4, -0.2) is 23.0 Å². The van der Waals surface area contributed by atoms with E-state index in [9.17, 15) is 14.7 Å². The average Bonchev–Trinajstić information content (AvgIpc) is 2.85. The zero-order valence-corrected chi connectivity index (χ0v) is 12.9. The molecule has 6 heteroatoms. The highest BCUT2D eigenvalue weighted by molar-refractivity contribution is 6.39. The Morgan fingerprint density at radius 2 is 1.74 bits per heavy atom. The Morgan fingerprint density at radius 3 is 2.48 bits per heavy atom. The van der Waals surface area contributed by atoms with Gasteiger partial charge in [0.05, 0.1) is 12.1 Å². The molecule has 2 atom stereocenters. The Morgan fingerprint density at radius 1 is 1.04 bits per heavy atom. The zero-order chi connectivity index (χ0) is 16.4. The first-order chi connectivity index (χ1) is 11.0. The minimum absolute atomic E-state index is 0.458. The molecule has 0 aromatic heterocycles. The second-order valence-corrected chi connectivity index (χ2v) is 5.82. The summed E-state index contributed by atoms with van der Waals surface area (Å²) in [7, 11) is 0. The first kappa shape index (κ1) is 15.5. The summed E-state index contributed by atoms with van der Waals surface area (Å²) in [6.07, 6.45) is -0.278. The van der Waals surface area contributed by atoms with Crippen LogP contribution in [0.15, 0.2) is 48.5 Å². The van der Waals surface area contributed by atoms with E-state index in [0.717, 1.165) is 11.1 Å². The molecule has 0 fully saturated rings. The Bertz CT molecular complexity index is 746. The largest absolute Gasteiger partial charge is 0.390 e. The van der Waals surface area contributed by atoms with Crippen molar-refractivity contribution in [2.75, 3.05) is 5.32 Å². The van der Waals surface area contributed by atoms with Gasteiger partial charge in [-0.15, -0.1) is 0 Å². The molecule has 5 nitrogen and oxygen atoms in total. The van der Waals surface area contributed by atoms with E-state index in [1.807, 2.05) is 24.3 Å². The van der Waals surface area contributed by atoms with Gasteiger partial charge in [-0.05, 0) is 35.4 Å². The molecule has 0 radical (unpaired) electrons. The molecule has 0 heterocycles. The molecular formula is C17H15ClN2O3. The predicted molar refractivity (Wildman–Crippen MR) is 87.1 cm³/mol. The predicted octanol–water partition coefficient (Wildman–Crippen LogP) is 2.05. The fourth-order valence-corrected chi connectivity index (χ4v) is 2.80. The normalized spacial score (nSPS) is 19.0. The molecule has 0 aliphatic heterocycles. The van der Waals surface area contributed by atoms with Crippen molar-refractivity contribution in [3.05, 3.63) is 64.7 Å². The van der Waals surface area contributed by atoms with E-state index in [1.54, 1.807) is 24.3 Å². The molecule has 1 aliphatic carbocycles. The molecular weight excluding hydrogens is 316 g/mol. The summed E-state index contributed by atoms with van der Waals surface area (Å²) in [6, 6.07) is 13.3. The highest BCUT2D eigenvalue weighted by Gasteiger charge is 2.33. The van der Waals surface area contributed by atoms with Gasteiger partial charge in [-0.3, -0.25) is 9.59 Å². The molecule has 118 valence electrons. The van der Waals surface area contributed by atoms with Gasteiger partial charge >= 0.3 is 11.8 Å². The monoisotopic (exact) mass is 330 g/mol. The first-order valence-electron chi connectivity index (χ1n) is 7.18. The number of fused-ring (bicyclic) bond motifs is 1. The molecule has 23 heavy (non-hydrogen) atoms. The number of anilines is 1. The number of aliphatic hydroxyl groups excluding tert-OH is 1. The highest BCUT2D eigenvalue weighted by atomic mass is 35.5. The van der Waals surface area contributed by atoms with Crippen LogP contribution in [0, 0.1) is 0 Å². The standard InChI is InChI=1S/C17H15ClN2O3/c18-11-5-7-12(8-6-11)19-16(22)17(23)20-15-13-4-2-1-3-10(13)9-14(15)21/h1-8,14-15,21H,9H2,(H,19,22)(H,20,23). The van der Waals surface area contributed by atoms with Crippen molar-refractivity contribution in [3.8, 4) is 0 Å². The highest BCUT2D eigenvalue weighted by Crippen LogP contribution is 2.31. The van der Waals surface area contributed by atoms with Gasteiger partial charge in [0.1, 0.15) is 0 Å². The van der Waals surface area contributed by atoms with Gasteiger partial charge in [-0.2, -0.15) is 0 Å². The number of carbonyl (C=O) groups is 2. The number of halogens is 1. The lowest BCUT2D eigenvalue weighted by Crippen LogP contribution is -2.40. The van der Waals surface area contributed by atoms with Crippen LogP contribution in [-0.2, 0) is 16.0 Å². The molecule has 2 amide bonds. The minimum atomic E-state index is -0.791. The van der Waals surface area contributed by atoms with Crippen LogP contribution in [0.5, 0.6) is 0 Å². The Kier molecular flexibility index (Phi) is 4.32. The molecule has 2 unspecified atom stereocenters. The Labute approximate surface area is 138 Å². The maximum atomic E-state index is 12.1. The van der Waals surface area contributed by atoms with Gasteiger partial charge in [0, 0.05) is 17.1 Å². The van der Waals surface area contributed by atoms with Crippen LogP contribution in [0.3, 0.4) is 0 Å². The van der Waals surface area contributed by atoms with Crippen molar-refractivity contribution in [2.45, 2.75) is 18.6 Å². The number of amides is 2. The lowest BCUT2D eigenvalue weighted by atomic mass is 10.1. The van der Waals surface area contributed by atoms with Crippen molar-refractivity contribution < 1.29 is 14.7 Å². The van der Waals surface area contributed by atoms with Crippen molar-refractivity contribution in [1.82, 2.24) is 5.32 Å². The van der Waals surface area contributed by atoms with E-state index in [4.69, 9.17) is 11.6 Å². The van der Waals surface area contributed by atoms with E-state index < -0.39 is 24.0 Å². The van der Waals surface area contributed by atoms with E-state index in [-0.39, 0.29) is 0 Å². The van der Waals surface area contributed by atoms with E-state index in [0.29, 0.717) is 17.1 Å². The van der Waals surface area contributed by atoms with Crippen molar-refractivity contribution in [2.24, 2.45) is 0 Å². The fraction of sp³-hybridized carbons (Fsp3) is 0.176. The van der Waals surface area contributed by atoms with Crippen LogP contribution in [0.1, 0.15) is 17.2 Å². The van der Waals surface area contributed by atoms with Gasteiger partial charge in [0.2, 0.25) is 0 Å². The SMILES string of the molecule is O=C(Nc1ccc(Cl)cc1)C(=O)NC1c2ccccc2CC1O. The molecule has 2 aromatic carbocycles. The minimum Gasteiger partial charge on any atom is -0.390 e.